The van der Waals surface area contributed by atoms with Crippen LogP contribution < -0.4 is 10.6 Å². The average Bonchev–Trinajstić information content (AvgIpc) is 3.78. The van der Waals surface area contributed by atoms with E-state index in [1.165, 1.54) is 0 Å². The lowest BCUT2D eigenvalue weighted by atomic mass is 10.1. The predicted octanol–water partition coefficient (Wildman–Crippen LogP) is 4.74. The molecule has 0 atom stereocenters. The largest absolute Gasteiger partial charge is 0.325 e. The zero-order valence-electron chi connectivity index (χ0n) is 26.7. The van der Waals surface area contributed by atoms with Gasteiger partial charge in [0.2, 0.25) is 11.8 Å². The van der Waals surface area contributed by atoms with Crippen molar-refractivity contribution in [3.8, 4) is 33.9 Å². The summed E-state index contributed by atoms with van der Waals surface area (Å²) in [6.07, 6.45) is 3.73. The maximum absolute atomic E-state index is 12.3. The Kier molecular flexibility index (Phi) is 10.6. The molecule has 0 radical (unpaired) electrons. The Bertz CT molecular complexity index is 1610. The van der Waals surface area contributed by atoms with Gasteiger partial charge in [-0.25, -0.2) is 9.36 Å². The highest BCUT2D eigenvalue weighted by Crippen LogP contribution is 2.25. The highest BCUT2D eigenvalue weighted by Gasteiger charge is 2.12. The van der Waals surface area contributed by atoms with Crippen molar-refractivity contribution in [3.63, 3.8) is 0 Å². The Labute approximate surface area is 269 Å². The van der Waals surface area contributed by atoms with E-state index in [0.717, 1.165) is 60.1 Å². The van der Waals surface area contributed by atoms with E-state index in [-0.39, 0.29) is 11.8 Å². The third-order valence-corrected chi connectivity index (χ3v) is 7.80. The van der Waals surface area contributed by atoms with E-state index < -0.39 is 0 Å². The Balaban J connectivity index is 1.23. The molecule has 0 saturated heterocycles. The number of benzene rings is 3. The van der Waals surface area contributed by atoms with E-state index in [4.69, 9.17) is 0 Å². The van der Waals surface area contributed by atoms with Gasteiger partial charge in [0.05, 0.1) is 36.9 Å². The number of hydrogen-bond acceptors (Lipinski definition) is 8. The molecule has 0 aliphatic heterocycles. The fourth-order valence-corrected chi connectivity index (χ4v) is 4.98. The first-order valence-corrected chi connectivity index (χ1v) is 15.6. The standard InChI is InChI=1S/C34H40N10O2/c1-5-41(6-2)23-33(45)35-27-12-16-29(17-13-27)43-21-31(37-39-43)25-10-9-11-26(20-25)32-22-44(40-38-32)30-18-14-28(15-19-30)36-34(46)24-42(7-3)8-4/h9-22H,5-8,23-24H2,1-4H3,(H,35,45)(H,36,46). The average molecular weight is 621 g/mol. The van der Waals surface area contributed by atoms with Crippen molar-refractivity contribution in [2.75, 3.05) is 49.9 Å². The fraction of sp³-hybridized carbons (Fsp3) is 0.294. The Hall–Kier alpha value is -5.20. The number of aromatic nitrogens is 6. The van der Waals surface area contributed by atoms with Gasteiger partial charge in [0, 0.05) is 22.5 Å². The second kappa shape index (κ2) is 15.2. The molecule has 0 fully saturated rings. The molecule has 0 spiro atoms. The Morgan fingerprint density at radius 2 is 1.00 bits per heavy atom. The van der Waals surface area contributed by atoms with Crippen molar-refractivity contribution in [2.45, 2.75) is 27.7 Å². The molecule has 0 aliphatic rings. The van der Waals surface area contributed by atoms with Crippen molar-refractivity contribution >= 4 is 23.2 Å². The van der Waals surface area contributed by atoms with Gasteiger partial charge in [0.1, 0.15) is 11.4 Å². The highest BCUT2D eigenvalue weighted by atomic mass is 16.2. The van der Waals surface area contributed by atoms with Crippen LogP contribution >= 0.6 is 0 Å². The lowest BCUT2D eigenvalue weighted by Gasteiger charge is -2.17. The lowest BCUT2D eigenvalue weighted by molar-refractivity contribution is -0.118. The molecule has 2 N–H and O–H groups in total. The molecule has 2 heterocycles. The normalized spacial score (nSPS) is 11.3. The summed E-state index contributed by atoms with van der Waals surface area (Å²) >= 11 is 0. The molecule has 0 unspecified atom stereocenters. The van der Waals surface area contributed by atoms with Crippen LogP contribution in [-0.4, -0.2) is 90.9 Å². The minimum absolute atomic E-state index is 0.0378. The number of nitrogens with zero attached hydrogens (tertiary/aromatic N) is 8. The summed E-state index contributed by atoms with van der Waals surface area (Å²) in [4.78, 5) is 28.8. The monoisotopic (exact) mass is 620 g/mol. The van der Waals surface area contributed by atoms with Crippen LogP contribution in [-0.2, 0) is 9.59 Å². The zero-order valence-corrected chi connectivity index (χ0v) is 26.7. The maximum atomic E-state index is 12.3. The second-order valence-electron chi connectivity index (χ2n) is 10.8. The molecular formula is C34H40N10O2. The van der Waals surface area contributed by atoms with Crippen molar-refractivity contribution in [1.82, 2.24) is 39.8 Å². The van der Waals surface area contributed by atoms with Gasteiger partial charge >= 0.3 is 0 Å². The van der Waals surface area contributed by atoms with Gasteiger partial charge in [-0.05, 0) is 80.8 Å². The third kappa shape index (κ3) is 8.09. The first-order chi connectivity index (χ1) is 22.4. The summed E-state index contributed by atoms with van der Waals surface area (Å²) in [6, 6.07) is 22.9. The smallest absolute Gasteiger partial charge is 0.238 e. The summed E-state index contributed by atoms with van der Waals surface area (Å²) in [5, 5.41) is 23.3. The molecular weight excluding hydrogens is 580 g/mol. The number of nitrogens with one attached hydrogen (secondary N) is 2. The van der Waals surface area contributed by atoms with Crippen LogP contribution in [0.2, 0.25) is 0 Å². The zero-order chi connectivity index (χ0) is 32.5. The van der Waals surface area contributed by atoms with E-state index in [2.05, 4.69) is 41.1 Å². The van der Waals surface area contributed by atoms with E-state index in [1.807, 2.05) is 113 Å². The van der Waals surface area contributed by atoms with Gasteiger partial charge in [-0.2, -0.15) is 0 Å². The number of amides is 2. The third-order valence-electron chi connectivity index (χ3n) is 7.80. The van der Waals surface area contributed by atoms with Crippen LogP contribution in [0.4, 0.5) is 11.4 Å². The van der Waals surface area contributed by atoms with Crippen LogP contribution in [0.5, 0.6) is 0 Å². The minimum Gasteiger partial charge on any atom is -0.325 e. The van der Waals surface area contributed by atoms with Crippen molar-refractivity contribution < 1.29 is 9.59 Å². The minimum atomic E-state index is -0.0378. The molecule has 0 saturated carbocycles. The number of rotatable bonds is 14. The van der Waals surface area contributed by atoms with Gasteiger partial charge < -0.3 is 10.6 Å². The van der Waals surface area contributed by atoms with Crippen LogP contribution in [0.3, 0.4) is 0 Å². The summed E-state index contributed by atoms with van der Waals surface area (Å²) in [6.45, 7) is 12.2. The number of carbonyl (C=O) groups is 2. The van der Waals surface area contributed by atoms with Crippen molar-refractivity contribution in [3.05, 3.63) is 85.2 Å². The molecule has 3 aromatic carbocycles. The molecule has 0 bridgehead atoms. The lowest BCUT2D eigenvalue weighted by Crippen LogP contribution is -2.32. The molecule has 12 heteroatoms. The summed E-state index contributed by atoms with van der Waals surface area (Å²) in [5.74, 6) is -0.0756. The number of likely N-dealkylation sites (N-methyl/N-ethyl adjacent to an activating group) is 2. The van der Waals surface area contributed by atoms with Crippen LogP contribution in [0.25, 0.3) is 33.9 Å². The van der Waals surface area contributed by atoms with Gasteiger partial charge in [-0.15, -0.1) is 10.2 Å². The van der Waals surface area contributed by atoms with E-state index in [1.54, 1.807) is 9.36 Å². The van der Waals surface area contributed by atoms with E-state index >= 15 is 0 Å². The highest BCUT2D eigenvalue weighted by molar-refractivity contribution is 5.92. The van der Waals surface area contributed by atoms with E-state index in [9.17, 15) is 9.59 Å². The van der Waals surface area contributed by atoms with Gasteiger partial charge in [-0.3, -0.25) is 19.4 Å². The van der Waals surface area contributed by atoms with Crippen LogP contribution in [0, 0.1) is 0 Å². The number of anilines is 2. The Morgan fingerprint density at radius 3 is 1.37 bits per heavy atom. The Morgan fingerprint density at radius 1 is 0.609 bits per heavy atom. The van der Waals surface area contributed by atoms with Crippen LogP contribution in [0.1, 0.15) is 27.7 Å². The van der Waals surface area contributed by atoms with E-state index in [0.29, 0.717) is 24.5 Å². The number of carbonyl (C=O) groups excluding carboxylic acids is 2. The van der Waals surface area contributed by atoms with Gasteiger partial charge in [0.25, 0.3) is 0 Å². The number of hydrogen-bond donors (Lipinski definition) is 2. The molecule has 2 amide bonds. The molecule has 5 rings (SSSR count). The summed E-state index contributed by atoms with van der Waals surface area (Å²) in [7, 11) is 0. The summed E-state index contributed by atoms with van der Waals surface area (Å²) in [5.41, 5.74) is 6.33. The quantitative estimate of drug-likeness (QED) is 0.182. The molecule has 12 nitrogen and oxygen atoms in total. The van der Waals surface area contributed by atoms with Crippen molar-refractivity contribution in [2.24, 2.45) is 0 Å². The van der Waals surface area contributed by atoms with Gasteiger partial charge in [-0.1, -0.05) is 56.3 Å². The summed E-state index contributed by atoms with van der Waals surface area (Å²) < 4.78 is 3.41. The van der Waals surface area contributed by atoms with Gasteiger partial charge in [0.15, 0.2) is 0 Å². The molecule has 5 aromatic rings. The van der Waals surface area contributed by atoms with Crippen LogP contribution in [0.15, 0.2) is 85.2 Å². The molecule has 2 aromatic heterocycles. The molecule has 0 aliphatic carbocycles. The second-order valence-corrected chi connectivity index (χ2v) is 10.8. The maximum Gasteiger partial charge on any atom is 0.238 e. The molecule has 238 valence electrons. The first-order valence-electron chi connectivity index (χ1n) is 15.6. The fourth-order valence-electron chi connectivity index (χ4n) is 4.98. The first kappa shape index (κ1) is 32.2. The predicted molar refractivity (Wildman–Crippen MR) is 180 cm³/mol. The molecule has 46 heavy (non-hydrogen) atoms. The van der Waals surface area contributed by atoms with Crippen molar-refractivity contribution in [1.29, 1.82) is 0 Å². The SMILES string of the molecule is CCN(CC)CC(=O)Nc1ccc(-n2cc(-c3cccc(-c4cn(-c5ccc(NC(=O)CN(CC)CC)cc5)nn4)c3)nn2)cc1. The topological polar surface area (TPSA) is 126 Å².